The number of hydrogen-bond donors (Lipinski definition) is 1. The molecule has 0 fully saturated rings. The number of benzene rings is 1. The van der Waals surface area contributed by atoms with Gasteiger partial charge in [0, 0.05) is 12.1 Å². The van der Waals surface area contributed by atoms with Crippen molar-refractivity contribution in [2.75, 3.05) is 12.4 Å². The molecule has 0 radical (unpaired) electrons. The number of carbonyl (C=O) groups excluding carboxylic acids is 2. The summed E-state index contributed by atoms with van der Waals surface area (Å²) in [7, 11) is 1.34. The van der Waals surface area contributed by atoms with Gasteiger partial charge < -0.3 is 10.1 Å². The molecule has 1 aliphatic rings. The summed E-state index contributed by atoms with van der Waals surface area (Å²) in [5, 5.41) is 2.82. The monoisotopic (exact) mass is 273 g/mol. The molecule has 1 aromatic carbocycles. The number of esters is 1. The average molecular weight is 273 g/mol. The Hall–Kier alpha value is -2.10. The van der Waals surface area contributed by atoms with Crippen LogP contribution in [0.5, 0.6) is 0 Å². The maximum atomic E-state index is 12.0. The minimum Gasteiger partial charge on any atom is -0.465 e. The van der Waals surface area contributed by atoms with E-state index < -0.39 is 5.97 Å². The summed E-state index contributed by atoms with van der Waals surface area (Å²) >= 11 is 0. The molecule has 20 heavy (non-hydrogen) atoms. The first kappa shape index (κ1) is 14.3. The van der Waals surface area contributed by atoms with Gasteiger partial charge in [0.2, 0.25) is 5.91 Å². The van der Waals surface area contributed by atoms with Crippen molar-refractivity contribution in [3.8, 4) is 0 Å². The standard InChI is InChI=1S/C16H19NO3/c1-20-16(19)13-8-5-9-14(11-13)17-15(18)10-12-6-3-2-4-7-12/h5-6,8-9,11H,2-4,7,10H2,1H3,(H,17,18). The second kappa shape index (κ2) is 6.89. The number of allylic oxidation sites excluding steroid dienone is 1. The zero-order chi connectivity index (χ0) is 14.4. The van der Waals surface area contributed by atoms with E-state index in [2.05, 4.69) is 16.1 Å². The van der Waals surface area contributed by atoms with E-state index >= 15 is 0 Å². The lowest BCUT2D eigenvalue weighted by atomic mass is 9.97. The number of ether oxygens (including phenoxy) is 1. The SMILES string of the molecule is COC(=O)c1cccc(NC(=O)CC2=CCCCC2)c1. The molecule has 4 nitrogen and oxygen atoms in total. The van der Waals surface area contributed by atoms with Crippen LogP contribution in [0.2, 0.25) is 0 Å². The van der Waals surface area contributed by atoms with Gasteiger partial charge in [-0.2, -0.15) is 0 Å². The molecule has 0 spiro atoms. The van der Waals surface area contributed by atoms with Crippen LogP contribution >= 0.6 is 0 Å². The first-order valence-corrected chi connectivity index (χ1v) is 6.85. The van der Waals surface area contributed by atoms with Crippen LogP contribution in [-0.4, -0.2) is 19.0 Å². The molecule has 0 atom stereocenters. The summed E-state index contributed by atoms with van der Waals surface area (Å²) in [5.41, 5.74) is 2.26. The van der Waals surface area contributed by atoms with Gasteiger partial charge in [-0.15, -0.1) is 0 Å². The highest BCUT2D eigenvalue weighted by atomic mass is 16.5. The highest BCUT2D eigenvalue weighted by Crippen LogP contribution is 2.21. The molecule has 0 saturated carbocycles. The Morgan fingerprint density at radius 1 is 1.30 bits per heavy atom. The Balaban J connectivity index is 1.97. The van der Waals surface area contributed by atoms with Crippen molar-refractivity contribution in [1.82, 2.24) is 0 Å². The Kier molecular flexibility index (Phi) is 4.93. The second-order valence-corrected chi connectivity index (χ2v) is 4.91. The average Bonchev–Trinajstić information content (AvgIpc) is 2.47. The number of anilines is 1. The van der Waals surface area contributed by atoms with Crippen LogP contribution in [0.25, 0.3) is 0 Å². The number of rotatable bonds is 4. The van der Waals surface area contributed by atoms with Crippen molar-refractivity contribution in [3.63, 3.8) is 0 Å². The highest BCUT2D eigenvalue weighted by molar-refractivity contribution is 5.95. The highest BCUT2D eigenvalue weighted by Gasteiger charge is 2.11. The molecule has 1 N–H and O–H groups in total. The van der Waals surface area contributed by atoms with Crippen LogP contribution in [0, 0.1) is 0 Å². The van der Waals surface area contributed by atoms with E-state index in [-0.39, 0.29) is 5.91 Å². The van der Waals surface area contributed by atoms with Gasteiger partial charge >= 0.3 is 5.97 Å². The van der Waals surface area contributed by atoms with Gasteiger partial charge in [0.1, 0.15) is 0 Å². The predicted molar refractivity (Wildman–Crippen MR) is 77.6 cm³/mol. The fraction of sp³-hybridized carbons (Fsp3) is 0.375. The molecule has 0 saturated heterocycles. The van der Waals surface area contributed by atoms with Crippen molar-refractivity contribution < 1.29 is 14.3 Å². The van der Waals surface area contributed by atoms with Crippen molar-refractivity contribution in [2.45, 2.75) is 32.1 Å². The van der Waals surface area contributed by atoms with Crippen molar-refractivity contribution in [3.05, 3.63) is 41.5 Å². The van der Waals surface area contributed by atoms with E-state index in [1.165, 1.54) is 19.1 Å². The minimum absolute atomic E-state index is 0.0415. The lowest BCUT2D eigenvalue weighted by Crippen LogP contribution is -2.13. The summed E-state index contributed by atoms with van der Waals surface area (Å²) in [4.78, 5) is 23.4. The van der Waals surface area contributed by atoms with Crippen LogP contribution in [-0.2, 0) is 9.53 Å². The largest absolute Gasteiger partial charge is 0.465 e. The van der Waals surface area contributed by atoms with E-state index in [0.29, 0.717) is 17.7 Å². The van der Waals surface area contributed by atoms with E-state index in [0.717, 1.165) is 19.3 Å². The molecule has 106 valence electrons. The summed E-state index contributed by atoms with van der Waals surface area (Å²) in [6.07, 6.45) is 7.05. The number of amides is 1. The topological polar surface area (TPSA) is 55.4 Å². The first-order valence-electron chi connectivity index (χ1n) is 6.85. The van der Waals surface area contributed by atoms with Crippen molar-refractivity contribution in [2.24, 2.45) is 0 Å². The quantitative estimate of drug-likeness (QED) is 0.676. The third-order valence-electron chi connectivity index (χ3n) is 3.34. The zero-order valence-electron chi connectivity index (χ0n) is 11.6. The van der Waals surface area contributed by atoms with E-state index in [4.69, 9.17) is 0 Å². The Labute approximate surface area is 118 Å². The van der Waals surface area contributed by atoms with Gasteiger partial charge in [0.05, 0.1) is 12.7 Å². The van der Waals surface area contributed by atoms with Crippen LogP contribution in [0.4, 0.5) is 5.69 Å². The summed E-state index contributed by atoms with van der Waals surface area (Å²) in [5.74, 6) is -0.448. The Bertz CT molecular complexity index is 534. The number of nitrogens with one attached hydrogen (secondary N) is 1. The molecule has 1 aromatic rings. The van der Waals surface area contributed by atoms with Crippen LogP contribution in [0.3, 0.4) is 0 Å². The van der Waals surface area contributed by atoms with E-state index in [1.807, 2.05) is 0 Å². The van der Waals surface area contributed by atoms with Crippen molar-refractivity contribution >= 4 is 17.6 Å². The molecule has 0 aliphatic heterocycles. The summed E-state index contributed by atoms with van der Waals surface area (Å²) < 4.78 is 4.66. The second-order valence-electron chi connectivity index (χ2n) is 4.91. The number of methoxy groups -OCH3 is 1. The Morgan fingerprint density at radius 3 is 2.85 bits per heavy atom. The van der Waals surface area contributed by atoms with Gasteiger partial charge in [-0.25, -0.2) is 4.79 Å². The molecule has 1 amide bonds. The Morgan fingerprint density at radius 2 is 2.15 bits per heavy atom. The zero-order valence-corrected chi connectivity index (χ0v) is 11.6. The smallest absolute Gasteiger partial charge is 0.337 e. The summed E-state index contributed by atoms with van der Waals surface area (Å²) in [6, 6.07) is 6.77. The predicted octanol–water partition coefficient (Wildman–Crippen LogP) is 3.30. The summed E-state index contributed by atoms with van der Waals surface area (Å²) in [6.45, 7) is 0. The third-order valence-corrected chi connectivity index (χ3v) is 3.34. The van der Waals surface area contributed by atoms with Gasteiger partial charge in [0.15, 0.2) is 0 Å². The van der Waals surface area contributed by atoms with Crippen LogP contribution in [0.1, 0.15) is 42.5 Å². The fourth-order valence-corrected chi connectivity index (χ4v) is 2.32. The molecule has 0 unspecified atom stereocenters. The van der Waals surface area contributed by atoms with Gasteiger partial charge in [-0.3, -0.25) is 4.79 Å². The minimum atomic E-state index is -0.406. The van der Waals surface area contributed by atoms with Gasteiger partial charge in [0.25, 0.3) is 0 Å². The van der Waals surface area contributed by atoms with Gasteiger partial charge in [-0.05, 0) is 43.9 Å². The van der Waals surface area contributed by atoms with Gasteiger partial charge in [-0.1, -0.05) is 17.7 Å². The fourth-order valence-electron chi connectivity index (χ4n) is 2.32. The van der Waals surface area contributed by atoms with E-state index in [9.17, 15) is 9.59 Å². The molecule has 0 heterocycles. The molecule has 0 bridgehead atoms. The third kappa shape index (κ3) is 3.95. The van der Waals surface area contributed by atoms with Crippen LogP contribution in [0.15, 0.2) is 35.9 Å². The molecule has 4 heteroatoms. The van der Waals surface area contributed by atoms with Crippen molar-refractivity contribution in [1.29, 1.82) is 0 Å². The van der Waals surface area contributed by atoms with Crippen LogP contribution < -0.4 is 5.32 Å². The number of carbonyl (C=O) groups is 2. The maximum Gasteiger partial charge on any atom is 0.337 e. The molecule has 0 aromatic heterocycles. The molecule has 2 rings (SSSR count). The molecular weight excluding hydrogens is 254 g/mol. The molecular formula is C16H19NO3. The lowest BCUT2D eigenvalue weighted by molar-refractivity contribution is -0.115. The van der Waals surface area contributed by atoms with E-state index in [1.54, 1.807) is 24.3 Å². The normalized spacial score (nSPS) is 14.3. The maximum absolute atomic E-state index is 12.0. The molecule has 1 aliphatic carbocycles. The lowest BCUT2D eigenvalue weighted by Gasteiger charge is -2.12. The number of hydrogen-bond acceptors (Lipinski definition) is 3. The first-order chi connectivity index (χ1) is 9.69.